The quantitative estimate of drug-likeness (QED) is 0.740. The Kier molecular flexibility index (Phi) is 5.51. The summed E-state index contributed by atoms with van der Waals surface area (Å²) in [4.78, 5) is 35.4. The first-order valence-corrected chi connectivity index (χ1v) is 7.48. The van der Waals surface area contributed by atoms with E-state index >= 15 is 0 Å². The minimum Gasteiger partial charge on any atom is -0.343 e. The highest BCUT2D eigenvalue weighted by molar-refractivity contribution is 7.12. The largest absolute Gasteiger partial charge is 0.343 e. The number of nitrogens with one attached hydrogen (secondary N) is 3. The van der Waals surface area contributed by atoms with E-state index in [-0.39, 0.29) is 6.54 Å². The molecular weight excluding hydrogens is 326 g/mol. The molecule has 3 amide bonds. The highest BCUT2D eigenvalue weighted by atomic mass is 35.5. The third kappa shape index (κ3) is 4.57. The topological polar surface area (TPSA) is 87.3 Å². The molecule has 0 unspecified atom stereocenters. The summed E-state index contributed by atoms with van der Waals surface area (Å²) in [5.74, 6) is -1.38. The Hall–Kier alpha value is -2.38. The molecule has 8 heteroatoms. The molecule has 114 valence electrons. The van der Waals surface area contributed by atoms with Crippen molar-refractivity contribution in [2.45, 2.75) is 0 Å². The number of thiophene rings is 1. The van der Waals surface area contributed by atoms with Gasteiger partial charge in [-0.15, -0.1) is 11.3 Å². The summed E-state index contributed by atoms with van der Waals surface area (Å²) in [5.41, 5.74) is 4.82. The van der Waals surface area contributed by atoms with E-state index in [1.165, 1.54) is 17.4 Å². The summed E-state index contributed by atoms with van der Waals surface area (Å²) < 4.78 is 0. The van der Waals surface area contributed by atoms with Crippen LogP contribution in [0.25, 0.3) is 0 Å². The third-order valence-corrected chi connectivity index (χ3v) is 3.66. The van der Waals surface area contributed by atoms with Crippen molar-refractivity contribution >= 4 is 40.7 Å². The van der Waals surface area contributed by atoms with Crippen LogP contribution in [0.1, 0.15) is 20.0 Å². The zero-order valence-electron chi connectivity index (χ0n) is 11.3. The molecule has 0 aliphatic carbocycles. The summed E-state index contributed by atoms with van der Waals surface area (Å²) in [5, 5.41) is 4.61. The van der Waals surface area contributed by atoms with Gasteiger partial charge in [-0.2, -0.15) is 0 Å². The SMILES string of the molecule is O=C(CNC(=O)c1cccc(Cl)c1)NNC(=O)c1cccs1. The number of benzene rings is 1. The van der Waals surface area contributed by atoms with Crippen LogP contribution in [0.4, 0.5) is 0 Å². The first kappa shape index (κ1) is 16.0. The summed E-state index contributed by atoms with van der Waals surface area (Å²) in [6.45, 7) is -0.268. The molecule has 3 N–H and O–H groups in total. The molecule has 1 aromatic carbocycles. The third-order valence-electron chi connectivity index (χ3n) is 2.56. The molecule has 0 fully saturated rings. The van der Waals surface area contributed by atoms with Gasteiger partial charge in [-0.05, 0) is 29.6 Å². The average molecular weight is 338 g/mol. The fourth-order valence-corrected chi connectivity index (χ4v) is 2.34. The second-order valence-electron chi connectivity index (χ2n) is 4.17. The molecule has 0 saturated heterocycles. The lowest BCUT2D eigenvalue weighted by molar-refractivity contribution is -0.120. The number of carbonyl (C=O) groups excluding carboxylic acids is 3. The minimum atomic E-state index is -0.541. The first-order chi connectivity index (χ1) is 10.6. The summed E-state index contributed by atoms with van der Waals surface area (Å²) in [6.07, 6.45) is 0. The number of halogens is 1. The van der Waals surface area contributed by atoms with E-state index in [2.05, 4.69) is 16.2 Å². The Balaban J connectivity index is 1.76. The number of hydrogen-bond donors (Lipinski definition) is 3. The number of rotatable bonds is 4. The van der Waals surface area contributed by atoms with Crippen molar-refractivity contribution in [3.63, 3.8) is 0 Å². The lowest BCUT2D eigenvalue weighted by Gasteiger charge is -2.08. The van der Waals surface area contributed by atoms with Gasteiger partial charge in [0, 0.05) is 10.6 Å². The van der Waals surface area contributed by atoms with Crippen LogP contribution in [-0.2, 0) is 4.79 Å². The van der Waals surface area contributed by atoms with Crippen molar-refractivity contribution in [2.24, 2.45) is 0 Å². The van der Waals surface area contributed by atoms with E-state index in [0.29, 0.717) is 15.5 Å². The molecule has 0 aliphatic rings. The second kappa shape index (κ2) is 7.58. The van der Waals surface area contributed by atoms with Crippen molar-refractivity contribution in [2.75, 3.05) is 6.54 Å². The molecule has 0 aliphatic heterocycles. The molecular formula is C14H12ClN3O3S. The smallest absolute Gasteiger partial charge is 0.279 e. The van der Waals surface area contributed by atoms with E-state index < -0.39 is 17.7 Å². The lowest BCUT2D eigenvalue weighted by atomic mass is 10.2. The highest BCUT2D eigenvalue weighted by Crippen LogP contribution is 2.10. The van der Waals surface area contributed by atoms with E-state index in [0.717, 1.165) is 0 Å². The molecule has 0 radical (unpaired) electrons. The van der Waals surface area contributed by atoms with Crippen LogP contribution in [0.5, 0.6) is 0 Å². The molecule has 0 spiro atoms. The van der Waals surface area contributed by atoms with Gasteiger partial charge in [-0.3, -0.25) is 25.2 Å². The molecule has 2 aromatic rings. The fraction of sp³-hybridized carbons (Fsp3) is 0.0714. The van der Waals surface area contributed by atoms with E-state index in [1.807, 2.05) is 0 Å². The maximum absolute atomic E-state index is 11.8. The molecule has 6 nitrogen and oxygen atoms in total. The standard InChI is InChI=1S/C14H12ClN3O3S/c15-10-4-1-3-9(7-10)13(20)16-8-12(19)17-18-14(21)11-5-2-6-22-11/h1-7H,8H2,(H,16,20)(H,17,19)(H,18,21). The maximum atomic E-state index is 11.8. The Morgan fingerprint density at radius 2 is 1.86 bits per heavy atom. The predicted octanol–water partition coefficient (Wildman–Crippen LogP) is 1.59. The van der Waals surface area contributed by atoms with Gasteiger partial charge in [0.15, 0.2) is 0 Å². The number of amides is 3. The van der Waals surface area contributed by atoms with Crippen LogP contribution in [0.2, 0.25) is 5.02 Å². The van der Waals surface area contributed by atoms with E-state index in [1.54, 1.807) is 35.7 Å². The van der Waals surface area contributed by atoms with Crippen LogP contribution in [0.3, 0.4) is 0 Å². The van der Waals surface area contributed by atoms with Crippen LogP contribution in [0.15, 0.2) is 41.8 Å². The molecule has 2 rings (SSSR count). The second-order valence-corrected chi connectivity index (χ2v) is 5.56. The van der Waals surface area contributed by atoms with Gasteiger partial charge in [-0.1, -0.05) is 23.7 Å². The van der Waals surface area contributed by atoms with E-state index in [4.69, 9.17) is 11.6 Å². The van der Waals surface area contributed by atoms with Crippen LogP contribution in [-0.4, -0.2) is 24.3 Å². The van der Waals surface area contributed by atoms with Gasteiger partial charge in [0.2, 0.25) is 0 Å². The van der Waals surface area contributed by atoms with E-state index in [9.17, 15) is 14.4 Å². The fourth-order valence-electron chi connectivity index (χ4n) is 1.53. The Morgan fingerprint density at radius 1 is 1.05 bits per heavy atom. The van der Waals surface area contributed by atoms with Crippen molar-refractivity contribution < 1.29 is 14.4 Å². The van der Waals surface area contributed by atoms with Crippen LogP contribution in [0, 0.1) is 0 Å². The van der Waals surface area contributed by atoms with Gasteiger partial charge < -0.3 is 5.32 Å². The van der Waals surface area contributed by atoms with Gasteiger partial charge in [0.25, 0.3) is 17.7 Å². The Morgan fingerprint density at radius 3 is 2.55 bits per heavy atom. The Bertz CT molecular complexity index is 688. The monoisotopic (exact) mass is 337 g/mol. The molecule has 22 heavy (non-hydrogen) atoms. The molecule has 0 atom stereocenters. The van der Waals surface area contributed by atoms with Crippen molar-refractivity contribution in [1.29, 1.82) is 0 Å². The highest BCUT2D eigenvalue weighted by Gasteiger charge is 2.10. The maximum Gasteiger partial charge on any atom is 0.279 e. The van der Waals surface area contributed by atoms with Crippen LogP contribution < -0.4 is 16.2 Å². The van der Waals surface area contributed by atoms with Crippen LogP contribution >= 0.6 is 22.9 Å². The predicted molar refractivity (Wildman–Crippen MR) is 83.7 cm³/mol. The molecule has 0 bridgehead atoms. The van der Waals surface area contributed by atoms with Gasteiger partial charge in [0.05, 0.1) is 11.4 Å². The number of hydrogen-bond acceptors (Lipinski definition) is 4. The van der Waals surface area contributed by atoms with Crippen molar-refractivity contribution in [3.05, 3.63) is 57.2 Å². The number of hydrazine groups is 1. The van der Waals surface area contributed by atoms with Gasteiger partial charge in [-0.25, -0.2) is 0 Å². The Labute approximate surface area is 135 Å². The number of carbonyl (C=O) groups is 3. The van der Waals surface area contributed by atoms with Gasteiger partial charge >= 0.3 is 0 Å². The summed E-state index contributed by atoms with van der Waals surface area (Å²) >= 11 is 7.03. The minimum absolute atomic E-state index is 0.268. The average Bonchev–Trinajstić information content (AvgIpc) is 3.04. The first-order valence-electron chi connectivity index (χ1n) is 6.22. The van der Waals surface area contributed by atoms with Crippen molar-refractivity contribution in [3.8, 4) is 0 Å². The van der Waals surface area contributed by atoms with Gasteiger partial charge in [0.1, 0.15) is 0 Å². The molecule has 1 aromatic heterocycles. The molecule has 0 saturated carbocycles. The zero-order chi connectivity index (χ0) is 15.9. The zero-order valence-corrected chi connectivity index (χ0v) is 12.8. The lowest BCUT2D eigenvalue weighted by Crippen LogP contribution is -2.46. The summed E-state index contributed by atoms with van der Waals surface area (Å²) in [7, 11) is 0. The van der Waals surface area contributed by atoms with Crippen molar-refractivity contribution in [1.82, 2.24) is 16.2 Å². The molecule has 1 heterocycles. The summed E-state index contributed by atoms with van der Waals surface area (Å²) in [6, 6.07) is 9.72. The normalized spacial score (nSPS) is 9.86.